The fourth-order valence-corrected chi connectivity index (χ4v) is 2.99. The third kappa shape index (κ3) is 3.70. The third-order valence-corrected chi connectivity index (χ3v) is 4.50. The molecule has 28 heavy (non-hydrogen) atoms. The molecule has 4 rings (SSSR count). The van der Waals surface area contributed by atoms with Crippen molar-refractivity contribution in [1.29, 1.82) is 0 Å². The first-order chi connectivity index (χ1) is 13.5. The van der Waals surface area contributed by atoms with Crippen molar-refractivity contribution in [3.05, 3.63) is 68.9 Å². The smallest absolute Gasteiger partial charge is 0.265 e. The Labute approximate surface area is 164 Å². The molecule has 0 aliphatic rings. The number of benzene rings is 1. The number of fused-ring (bicyclic) bond motifs is 1. The lowest BCUT2D eigenvalue weighted by molar-refractivity contribution is 0.364. The van der Waals surface area contributed by atoms with Crippen molar-refractivity contribution in [3.63, 3.8) is 0 Å². The van der Waals surface area contributed by atoms with Gasteiger partial charge in [0.15, 0.2) is 11.5 Å². The predicted octanol–water partition coefficient (Wildman–Crippen LogP) is 1.95. The van der Waals surface area contributed by atoms with E-state index in [1.54, 1.807) is 6.92 Å². The van der Waals surface area contributed by atoms with Gasteiger partial charge in [-0.05, 0) is 31.0 Å². The van der Waals surface area contributed by atoms with Gasteiger partial charge in [0.2, 0.25) is 11.8 Å². The van der Waals surface area contributed by atoms with E-state index in [-0.39, 0.29) is 23.7 Å². The highest BCUT2D eigenvalue weighted by atomic mass is 35.5. The molecule has 0 aliphatic carbocycles. The SMILES string of the molecule is Cc1nc(N)nc2ncn(Cc3nc(CCc4ccc(Cl)cc4)no3)c(=O)c12. The molecular weight excluding hydrogens is 382 g/mol. The van der Waals surface area contributed by atoms with Crippen LogP contribution in [-0.2, 0) is 19.4 Å². The van der Waals surface area contributed by atoms with Crippen molar-refractivity contribution in [2.24, 2.45) is 0 Å². The number of hydrogen-bond donors (Lipinski definition) is 1. The summed E-state index contributed by atoms with van der Waals surface area (Å²) in [5.74, 6) is 0.972. The Morgan fingerprint density at radius 1 is 1.14 bits per heavy atom. The average molecular weight is 398 g/mol. The van der Waals surface area contributed by atoms with Gasteiger partial charge >= 0.3 is 0 Å². The zero-order valence-electron chi connectivity index (χ0n) is 15.0. The summed E-state index contributed by atoms with van der Waals surface area (Å²) < 4.78 is 6.65. The molecule has 0 saturated carbocycles. The number of halogens is 1. The monoisotopic (exact) mass is 397 g/mol. The Balaban J connectivity index is 1.51. The van der Waals surface area contributed by atoms with Gasteiger partial charge in [0.1, 0.15) is 18.3 Å². The van der Waals surface area contributed by atoms with Gasteiger partial charge in [-0.3, -0.25) is 9.36 Å². The Kier molecular flexibility index (Phi) is 4.74. The number of nitrogens with two attached hydrogens (primary N) is 1. The van der Waals surface area contributed by atoms with Crippen LogP contribution in [0, 0.1) is 6.92 Å². The van der Waals surface area contributed by atoms with E-state index < -0.39 is 0 Å². The number of rotatable bonds is 5. The fraction of sp³-hybridized carbons (Fsp3) is 0.222. The number of hydrogen-bond acceptors (Lipinski definition) is 8. The molecule has 2 N–H and O–H groups in total. The summed E-state index contributed by atoms with van der Waals surface area (Å²) in [5, 5.41) is 4.99. The van der Waals surface area contributed by atoms with E-state index in [1.165, 1.54) is 10.9 Å². The normalized spacial score (nSPS) is 11.2. The van der Waals surface area contributed by atoms with E-state index in [4.69, 9.17) is 21.9 Å². The van der Waals surface area contributed by atoms with Gasteiger partial charge in [0.05, 0.1) is 5.69 Å². The molecule has 0 amide bonds. The zero-order chi connectivity index (χ0) is 19.7. The van der Waals surface area contributed by atoms with E-state index in [0.717, 1.165) is 12.0 Å². The van der Waals surface area contributed by atoms with Crippen LogP contribution in [0.2, 0.25) is 5.02 Å². The Morgan fingerprint density at radius 2 is 1.93 bits per heavy atom. The largest absolute Gasteiger partial charge is 0.368 e. The van der Waals surface area contributed by atoms with Gasteiger partial charge in [-0.15, -0.1) is 0 Å². The lowest BCUT2D eigenvalue weighted by Crippen LogP contribution is -2.23. The van der Waals surface area contributed by atoms with Crippen LogP contribution >= 0.6 is 11.6 Å². The molecule has 0 fully saturated rings. The van der Waals surface area contributed by atoms with Gasteiger partial charge in [-0.25, -0.2) is 9.97 Å². The number of nitrogen functional groups attached to an aromatic ring is 1. The molecule has 4 aromatic rings. The number of anilines is 1. The minimum absolute atomic E-state index is 0.0804. The van der Waals surface area contributed by atoms with Crippen molar-refractivity contribution < 1.29 is 4.52 Å². The molecule has 0 bridgehead atoms. The highest BCUT2D eigenvalue weighted by molar-refractivity contribution is 6.30. The summed E-state index contributed by atoms with van der Waals surface area (Å²) in [5.41, 5.74) is 7.18. The molecule has 0 unspecified atom stereocenters. The van der Waals surface area contributed by atoms with Crippen molar-refractivity contribution in [2.75, 3.05) is 5.73 Å². The summed E-state index contributed by atoms with van der Waals surface area (Å²) in [7, 11) is 0. The second-order valence-electron chi connectivity index (χ2n) is 6.27. The quantitative estimate of drug-likeness (QED) is 0.541. The number of aryl methyl sites for hydroxylation is 3. The summed E-state index contributed by atoms with van der Waals surface area (Å²) >= 11 is 5.89. The lowest BCUT2D eigenvalue weighted by atomic mass is 10.1. The second-order valence-corrected chi connectivity index (χ2v) is 6.71. The maximum absolute atomic E-state index is 12.7. The fourth-order valence-electron chi connectivity index (χ4n) is 2.86. The van der Waals surface area contributed by atoms with Crippen molar-refractivity contribution in [1.82, 2.24) is 29.7 Å². The van der Waals surface area contributed by atoms with Crippen LogP contribution in [0.4, 0.5) is 5.95 Å². The standard InChI is InChI=1S/C18H16ClN7O2/c1-10-15-16(24-18(20)22-10)21-9-26(17(15)27)8-14-23-13(25-28-14)7-4-11-2-5-12(19)6-3-11/h2-3,5-6,9H,4,7-8H2,1H3,(H2,20,22,24). The van der Waals surface area contributed by atoms with Crippen molar-refractivity contribution in [3.8, 4) is 0 Å². The molecule has 3 heterocycles. The molecule has 0 saturated heterocycles. The van der Waals surface area contributed by atoms with Crippen LogP contribution in [0.5, 0.6) is 0 Å². The van der Waals surface area contributed by atoms with E-state index >= 15 is 0 Å². The first-order valence-electron chi connectivity index (χ1n) is 8.55. The van der Waals surface area contributed by atoms with Crippen LogP contribution in [0.1, 0.15) is 23.0 Å². The van der Waals surface area contributed by atoms with Crippen LogP contribution < -0.4 is 11.3 Å². The molecule has 142 valence electrons. The summed E-state index contributed by atoms with van der Waals surface area (Å²) in [6.07, 6.45) is 2.75. The van der Waals surface area contributed by atoms with Gasteiger partial charge in [-0.2, -0.15) is 9.97 Å². The summed E-state index contributed by atoms with van der Waals surface area (Å²) in [6.45, 7) is 1.80. The summed E-state index contributed by atoms with van der Waals surface area (Å²) in [6, 6.07) is 7.61. The highest BCUT2D eigenvalue weighted by Gasteiger charge is 2.13. The van der Waals surface area contributed by atoms with Crippen LogP contribution in [0.3, 0.4) is 0 Å². The minimum atomic E-state index is -0.289. The molecule has 0 spiro atoms. The topological polar surface area (TPSA) is 126 Å². The second kappa shape index (κ2) is 7.35. The molecule has 9 nitrogen and oxygen atoms in total. The van der Waals surface area contributed by atoms with Gasteiger partial charge < -0.3 is 10.3 Å². The molecule has 0 atom stereocenters. The van der Waals surface area contributed by atoms with E-state index in [0.29, 0.717) is 34.2 Å². The Hall–Kier alpha value is -3.33. The van der Waals surface area contributed by atoms with Gasteiger partial charge in [0, 0.05) is 11.4 Å². The van der Waals surface area contributed by atoms with E-state index in [9.17, 15) is 4.79 Å². The average Bonchev–Trinajstić information content (AvgIpc) is 3.10. The molecule has 10 heteroatoms. The number of aromatic nitrogens is 6. The number of nitrogens with zero attached hydrogens (tertiary/aromatic N) is 6. The highest BCUT2D eigenvalue weighted by Crippen LogP contribution is 2.12. The molecule has 0 aliphatic heterocycles. The van der Waals surface area contributed by atoms with E-state index in [1.807, 2.05) is 24.3 Å². The maximum Gasteiger partial charge on any atom is 0.265 e. The third-order valence-electron chi connectivity index (χ3n) is 4.25. The molecule has 3 aromatic heterocycles. The first-order valence-corrected chi connectivity index (χ1v) is 8.92. The minimum Gasteiger partial charge on any atom is -0.368 e. The molecule has 0 radical (unpaired) electrons. The van der Waals surface area contributed by atoms with E-state index in [2.05, 4.69) is 25.1 Å². The van der Waals surface area contributed by atoms with Gasteiger partial charge in [-0.1, -0.05) is 28.9 Å². The van der Waals surface area contributed by atoms with Crippen LogP contribution in [0.25, 0.3) is 11.0 Å². The lowest BCUT2D eigenvalue weighted by Gasteiger charge is -2.05. The van der Waals surface area contributed by atoms with Gasteiger partial charge in [0.25, 0.3) is 5.56 Å². The zero-order valence-corrected chi connectivity index (χ0v) is 15.7. The first kappa shape index (κ1) is 18.1. The van der Waals surface area contributed by atoms with Crippen molar-refractivity contribution in [2.45, 2.75) is 26.3 Å². The Bertz CT molecular complexity index is 1200. The van der Waals surface area contributed by atoms with Crippen molar-refractivity contribution >= 4 is 28.6 Å². The Morgan fingerprint density at radius 3 is 2.71 bits per heavy atom. The maximum atomic E-state index is 12.7. The summed E-state index contributed by atoms with van der Waals surface area (Å²) in [4.78, 5) is 29.3. The molecule has 1 aromatic carbocycles. The van der Waals surface area contributed by atoms with Crippen LogP contribution in [-0.4, -0.2) is 29.7 Å². The molecular formula is C18H16ClN7O2. The predicted molar refractivity (Wildman–Crippen MR) is 103 cm³/mol. The van der Waals surface area contributed by atoms with Crippen LogP contribution in [0.15, 0.2) is 39.9 Å².